The minimum absolute atomic E-state index is 0.547. The molecule has 3 aliphatic heterocycles. The molecule has 1 aromatic carbocycles. The topological polar surface area (TPSA) is 33.7 Å². The molecule has 0 radical (unpaired) electrons. The Kier molecular flexibility index (Phi) is 3.03. The van der Waals surface area contributed by atoms with Gasteiger partial charge in [-0.1, -0.05) is 6.42 Å². The normalized spacial score (nSPS) is 30.2. The summed E-state index contributed by atoms with van der Waals surface area (Å²) in [4.78, 5) is 2.65. The zero-order valence-electron chi connectivity index (χ0n) is 12.9. The predicted molar refractivity (Wildman–Crippen MR) is 83.0 cm³/mol. The maximum Gasteiger partial charge on any atom is 0.246 e. The van der Waals surface area contributed by atoms with Crippen LogP contribution in [0.3, 0.4) is 0 Å². The third-order valence-corrected chi connectivity index (χ3v) is 4.86. The van der Waals surface area contributed by atoms with Crippen LogP contribution in [0.1, 0.15) is 39.5 Å². The molecule has 114 valence electrons. The second kappa shape index (κ2) is 4.80. The zero-order valence-corrected chi connectivity index (χ0v) is 12.9. The summed E-state index contributed by atoms with van der Waals surface area (Å²) < 4.78 is 11.6. The van der Waals surface area contributed by atoms with E-state index in [-0.39, 0.29) is 0 Å². The van der Waals surface area contributed by atoms with Crippen molar-refractivity contribution in [3.63, 3.8) is 0 Å². The Morgan fingerprint density at radius 2 is 1.95 bits per heavy atom. The van der Waals surface area contributed by atoms with E-state index in [1.165, 1.54) is 38.8 Å². The van der Waals surface area contributed by atoms with E-state index in [4.69, 9.17) is 9.47 Å². The minimum Gasteiger partial charge on any atom is -0.449 e. The summed E-state index contributed by atoms with van der Waals surface area (Å²) in [5.74, 6) is 1.15. The van der Waals surface area contributed by atoms with E-state index < -0.39 is 5.79 Å². The number of anilines is 1. The van der Waals surface area contributed by atoms with Gasteiger partial charge in [-0.05, 0) is 37.9 Å². The molecule has 1 N–H and O–H groups in total. The summed E-state index contributed by atoms with van der Waals surface area (Å²) >= 11 is 0. The van der Waals surface area contributed by atoms with E-state index in [1.54, 1.807) is 0 Å². The number of fused-ring (bicyclic) bond motifs is 2. The fraction of sp³-hybridized carbons (Fsp3) is 0.647. The molecule has 3 heterocycles. The minimum atomic E-state index is -0.547. The highest BCUT2D eigenvalue weighted by molar-refractivity contribution is 5.56. The van der Waals surface area contributed by atoms with Crippen molar-refractivity contribution < 1.29 is 9.47 Å². The molecule has 0 aromatic heterocycles. The van der Waals surface area contributed by atoms with Gasteiger partial charge >= 0.3 is 0 Å². The number of benzene rings is 1. The molecule has 2 fully saturated rings. The van der Waals surface area contributed by atoms with Crippen LogP contribution in [-0.2, 0) is 0 Å². The number of ether oxygens (including phenoxy) is 2. The summed E-state index contributed by atoms with van der Waals surface area (Å²) in [5, 5.41) is 3.72. The van der Waals surface area contributed by atoms with Crippen LogP contribution in [0.4, 0.5) is 5.69 Å². The predicted octanol–water partition coefficient (Wildman–Crippen LogP) is 3.23. The average Bonchev–Trinajstić information content (AvgIpc) is 2.98. The number of piperidine rings is 1. The molecule has 1 aromatic rings. The Morgan fingerprint density at radius 3 is 2.86 bits per heavy atom. The standard InChI is InChI=1S/C17H24N2O2/c1-17(2)20-15-7-6-12(11-16(15)21-17)18-13-8-10-19-9-4-3-5-14(13)19/h6-7,11,13-14,18H,3-5,8-10H2,1-2H3. The molecule has 4 rings (SSSR count). The first kappa shape index (κ1) is 13.3. The first-order valence-electron chi connectivity index (χ1n) is 8.13. The van der Waals surface area contributed by atoms with E-state index in [1.807, 2.05) is 19.9 Å². The van der Waals surface area contributed by atoms with Crippen LogP contribution in [0.2, 0.25) is 0 Å². The first-order valence-corrected chi connectivity index (χ1v) is 8.13. The van der Waals surface area contributed by atoms with E-state index in [2.05, 4.69) is 22.3 Å². The fourth-order valence-electron chi connectivity index (χ4n) is 3.94. The van der Waals surface area contributed by atoms with Crippen molar-refractivity contribution in [3.8, 4) is 11.5 Å². The van der Waals surface area contributed by atoms with Gasteiger partial charge in [-0.15, -0.1) is 0 Å². The van der Waals surface area contributed by atoms with Crippen molar-refractivity contribution in [2.24, 2.45) is 0 Å². The van der Waals surface area contributed by atoms with Crippen molar-refractivity contribution in [2.75, 3.05) is 18.4 Å². The molecule has 2 atom stereocenters. The molecule has 4 nitrogen and oxygen atoms in total. The molecule has 0 spiro atoms. The number of nitrogens with zero attached hydrogens (tertiary/aromatic N) is 1. The summed E-state index contributed by atoms with van der Waals surface area (Å²) in [6.07, 6.45) is 5.30. The van der Waals surface area contributed by atoms with E-state index in [0.29, 0.717) is 12.1 Å². The van der Waals surface area contributed by atoms with Crippen LogP contribution in [0.5, 0.6) is 11.5 Å². The molecule has 0 aliphatic carbocycles. The van der Waals surface area contributed by atoms with Crippen molar-refractivity contribution in [1.82, 2.24) is 4.90 Å². The molecule has 3 aliphatic rings. The van der Waals surface area contributed by atoms with Crippen molar-refractivity contribution in [1.29, 1.82) is 0 Å². The lowest BCUT2D eigenvalue weighted by atomic mass is 9.99. The van der Waals surface area contributed by atoms with Crippen LogP contribution in [-0.4, -0.2) is 35.9 Å². The highest BCUT2D eigenvalue weighted by Crippen LogP contribution is 2.41. The molecular weight excluding hydrogens is 264 g/mol. The first-order chi connectivity index (χ1) is 10.1. The van der Waals surface area contributed by atoms with Gasteiger partial charge in [-0.3, -0.25) is 4.90 Å². The van der Waals surface area contributed by atoms with Crippen LogP contribution in [0, 0.1) is 0 Å². The van der Waals surface area contributed by atoms with Gasteiger partial charge in [-0.25, -0.2) is 0 Å². The van der Waals surface area contributed by atoms with Crippen LogP contribution < -0.4 is 14.8 Å². The van der Waals surface area contributed by atoms with E-state index in [9.17, 15) is 0 Å². The second-order valence-corrected chi connectivity index (χ2v) is 6.90. The lowest BCUT2D eigenvalue weighted by molar-refractivity contribution is -0.0431. The van der Waals surface area contributed by atoms with Gasteiger partial charge in [0.05, 0.1) is 0 Å². The van der Waals surface area contributed by atoms with Crippen molar-refractivity contribution >= 4 is 5.69 Å². The van der Waals surface area contributed by atoms with Crippen molar-refractivity contribution in [3.05, 3.63) is 18.2 Å². The Bertz CT molecular complexity index is 544. The molecule has 2 saturated heterocycles. The lowest BCUT2D eigenvalue weighted by Gasteiger charge is -2.33. The molecule has 0 saturated carbocycles. The Morgan fingerprint density at radius 1 is 1.10 bits per heavy atom. The maximum atomic E-state index is 5.83. The van der Waals surface area contributed by atoms with Crippen LogP contribution >= 0.6 is 0 Å². The maximum absolute atomic E-state index is 5.83. The molecule has 21 heavy (non-hydrogen) atoms. The van der Waals surface area contributed by atoms with Crippen LogP contribution in [0.15, 0.2) is 18.2 Å². The highest BCUT2D eigenvalue weighted by Gasteiger charge is 2.36. The van der Waals surface area contributed by atoms with Gasteiger partial charge in [0.15, 0.2) is 11.5 Å². The molecule has 4 heteroatoms. The average molecular weight is 288 g/mol. The summed E-state index contributed by atoms with van der Waals surface area (Å²) in [6.45, 7) is 6.39. The SMILES string of the molecule is CC1(C)Oc2ccc(NC3CCN4CCCCC34)cc2O1. The number of hydrogen-bond donors (Lipinski definition) is 1. The van der Waals surface area contributed by atoms with Gasteiger partial charge in [0, 0.05) is 44.2 Å². The van der Waals surface area contributed by atoms with Gasteiger partial charge in [0.2, 0.25) is 5.79 Å². The van der Waals surface area contributed by atoms with Crippen LogP contribution in [0.25, 0.3) is 0 Å². The third-order valence-electron chi connectivity index (χ3n) is 4.86. The molecule has 2 unspecified atom stereocenters. The number of rotatable bonds is 2. The summed E-state index contributed by atoms with van der Waals surface area (Å²) in [7, 11) is 0. The second-order valence-electron chi connectivity index (χ2n) is 6.90. The lowest BCUT2D eigenvalue weighted by Crippen LogP contribution is -2.41. The van der Waals surface area contributed by atoms with E-state index >= 15 is 0 Å². The third kappa shape index (κ3) is 2.46. The smallest absolute Gasteiger partial charge is 0.246 e. The number of hydrogen-bond acceptors (Lipinski definition) is 4. The quantitative estimate of drug-likeness (QED) is 0.906. The van der Waals surface area contributed by atoms with Gasteiger partial charge in [-0.2, -0.15) is 0 Å². The monoisotopic (exact) mass is 288 g/mol. The Hall–Kier alpha value is -1.42. The van der Waals surface area contributed by atoms with Gasteiger partial charge in [0.1, 0.15) is 0 Å². The molecule has 0 amide bonds. The number of nitrogens with one attached hydrogen (secondary N) is 1. The van der Waals surface area contributed by atoms with E-state index in [0.717, 1.165) is 17.2 Å². The zero-order chi connectivity index (χ0) is 14.4. The molecule has 0 bridgehead atoms. The highest BCUT2D eigenvalue weighted by atomic mass is 16.7. The van der Waals surface area contributed by atoms with Gasteiger partial charge in [0.25, 0.3) is 0 Å². The Balaban J connectivity index is 1.49. The van der Waals surface area contributed by atoms with Gasteiger partial charge < -0.3 is 14.8 Å². The fourth-order valence-corrected chi connectivity index (χ4v) is 3.94. The molecular formula is C17H24N2O2. The van der Waals surface area contributed by atoms with Crippen molar-refractivity contribution in [2.45, 2.75) is 57.4 Å². The summed E-state index contributed by atoms with van der Waals surface area (Å²) in [6, 6.07) is 7.48. The Labute approximate surface area is 126 Å². The largest absolute Gasteiger partial charge is 0.449 e. The summed E-state index contributed by atoms with van der Waals surface area (Å²) in [5.41, 5.74) is 1.15.